The van der Waals surface area contributed by atoms with Crippen molar-refractivity contribution in [2.75, 3.05) is 0 Å². The fraction of sp³-hybridized carbons (Fsp3) is 0.273. The Hall–Kier alpha value is -2.06. The number of hydrogen-bond acceptors (Lipinski definition) is 2. The Kier molecular flexibility index (Phi) is 3.03. The van der Waals surface area contributed by atoms with E-state index >= 15 is 0 Å². The number of nitrogens with one attached hydrogen (secondary N) is 1. The van der Waals surface area contributed by atoms with Gasteiger partial charge in [0, 0.05) is 5.56 Å². The first-order chi connectivity index (χ1) is 9.03. The molecule has 0 radical (unpaired) electrons. The van der Waals surface area contributed by atoms with Crippen LogP contribution >= 0.6 is 0 Å². The molecule has 2 rings (SSSR count). The summed E-state index contributed by atoms with van der Waals surface area (Å²) in [5, 5.41) is 1.41. The minimum atomic E-state index is -5.24. The molecular weight excluding hydrogens is 292 g/mol. The zero-order valence-electron chi connectivity index (χ0n) is 9.39. The van der Waals surface area contributed by atoms with Crippen LogP contribution in [0.4, 0.5) is 26.3 Å². The van der Waals surface area contributed by atoms with Crippen molar-refractivity contribution in [2.45, 2.75) is 18.3 Å². The van der Waals surface area contributed by atoms with Gasteiger partial charge in [0.05, 0.1) is 5.56 Å². The second-order valence-electron chi connectivity index (χ2n) is 4.06. The van der Waals surface area contributed by atoms with Gasteiger partial charge in [-0.2, -0.15) is 26.3 Å². The predicted octanol–water partition coefficient (Wildman–Crippen LogP) is 2.62. The highest BCUT2D eigenvalue weighted by atomic mass is 19.4. The van der Waals surface area contributed by atoms with Crippen LogP contribution in [0.25, 0.3) is 0 Å². The van der Waals surface area contributed by atoms with Gasteiger partial charge in [0.1, 0.15) is 0 Å². The second kappa shape index (κ2) is 4.22. The number of benzene rings is 1. The highest BCUT2D eigenvalue weighted by Gasteiger charge is 2.53. The van der Waals surface area contributed by atoms with E-state index in [0.717, 1.165) is 12.1 Å². The van der Waals surface area contributed by atoms with Gasteiger partial charge < -0.3 is 0 Å². The topological polar surface area (TPSA) is 46.2 Å². The first kappa shape index (κ1) is 14.4. The Labute approximate surface area is 107 Å². The molecule has 9 heteroatoms. The minimum Gasteiger partial charge on any atom is -0.291 e. The van der Waals surface area contributed by atoms with Crippen molar-refractivity contribution in [1.82, 2.24) is 5.32 Å². The molecule has 3 nitrogen and oxygen atoms in total. The van der Waals surface area contributed by atoms with Crippen LogP contribution in [-0.4, -0.2) is 18.0 Å². The molecule has 1 N–H and O–H groups in total. The van der Waals surface area contributed by atoms with Crippen LogP contribution in [0.2, 0.25) is 0 Å². The summed E-state index contributed by atoms with van der Waals surface area (Å²) in [5.41, 5.74) is -3.79. The third-order valence-corrected chi connectivity index (χ3v) is 2.77. The lowest BCUT2D eigenvalue weighted by Gasteiger charge is -2.28. The summed E-state index contributed by atoms with van der Waals surface area (Å²) in [4.78, 5) is 22.7. The van der Waals surface area contributed by atoms with E-state index in [2.05, 4.69) is 0 Å². The van der Waals surface area contributed by atoms with Gasteiger partial charge in [0.2, 0.25) is 5.91 Å². The van der Waals surface area contributed by atoms with Crippen LogP contribution in [0, 0.1) is 0 Å². The maximum absolute atomic E-state index is 12.8. The first-order valence-electron chi connectivity index (χ1n) is 5.15. The second-order valence-corrected chi connectivity index (χ2v) is 4.06. The van der Waals surface area contributed by atoms with Gasteiger partial charge in [-0.05, 0) is 17.7 Å². The Morgan fingerprint density at radius 1 is 1.00 bits per heavy atom. The summed E-state index contributed by atoms with van der Waals surface area (Å²) in [6, 6.07) is 2.03. The molecule has 0 bridgehead atoms. The highest BCUT2D eigenvalue weighted by Crippen LogP contribution is 2.44. The molecule has 0 aliphatic carbocycles. The number of rotatable bonds is 0. The lowest BCUT2D eigenvalue weighted by atomic mass is 9.85. The summed E-state index contributed by atoms with van der Waals surface area (Å²) in [6.45, 7) is 0. The van der Waals surface area contributed by atoms with E-state index in [0.29, 0.717) is 6.07 Å². The van der Waals surface area contributed by atoms with Crippen LogP contribution in [-0.2, 0) is 11.0 Å². The number of alkyl halides is 6. The number of hydrogen-bond donors (Lipinski definition) is 1. The molecule has 1 aliphatic heterocycles. The van der Waals surface area contributed by atoms with Crippen molar-refractivity contribution in [2.24, 2.45) is 0 Å². The summed E-state index contributed by atoms with van der Waals surface area (Å²) in [7, 11) is 0. The van der Waals surface area contributed by atoms with Gasteiger partial charge in [-0.1, -0.05) is 6.07 Å². The quantitative estimate of drug-likeness (QED) is 0.591. The molecule has 2 amide bonds. The first-order valence-corrected chi connectivity index (χ1v) is 5.15. The van der Waals surface area contributed by atoms with Crippen LogP contribution in [0.5, 0.6) is 0 Å². The number of carbonyl (C=O) groups is 2. The van der Waals surface area contributed by atoms with Gasteiger partial charge in [-0.3, -0.25) is 14.9 Å². The molecule has 1 aromatic rings. The van der Waals surface area contributed by atoms with Crippen molar-refractivity contribution in [3.8, 4) is 0 Å². The molecule has 0 aromatic heterocycles. The average Bonchev–Trinajstić information content (AvgIpc) is 2.24. The van der Waals surface area contributed by atoms with E-state index in [1.165, 1.54) is 5.32 Å². The number of imide groups is 1. The fourth-order valence-electron chi connectivity index (χ4n) is 2.02. The molecule has 1 atom stereocenters. The smallest absolute Gasteiger partial charge is 0.291 e. The molecule has 1 aromatic carbocycles. The van der Waals surface area contributed by atoms with E-state index in [-0.39, 0.29) is 0 Å². The number of carbonyl (C=O) groups excluding carboxylic acids is 2. The van der Waals surface area contributed by atoms with Gasteiger partial charge in [0.25, 0.3) is 5.91 Å². The highest BCUT2D eigenvalue weighted by molar-refractivity contribution is 6.12. The summed E-state index contributed by atoms with van der Waals surface area (Å²) in [5.74, 6) is -6.11. The maximum atomic E-state index is 12.8. The number of halogens is 6. The SMILES string of the molecule is O=C1NC(=O)C(C(F)(F)F)c2c1cccc2C(F)(F)F. The van der Waals surface area contributed by atoms with Crippen molar-refractivity contribution >= 4 is 11.8 Å². The summed E-state index contributed by atoms with van der Waals surface area (Å²) in [6.07, 6.45) is -10.3. The molecule has 1 unspecified atom stereocenters. The van der Waals surface area contributed by atoms with Gasteiger partial charge in [-0.15, -0.1) is 0 Å². The third kappa shape index (κ3) is 2.23. The van der Waals surface area contributed by atoms with Crippen LogP contribution in [0.15, 0.2) is 18.2 Å². The van der Waals surface area contributed by atoms with Crippen molar-refractivity contribution in [3.63, 3.8) is 0 Å². The molecule has 108 valence electrons. The van der Waals surface area contributed by atoms with Crippen LogP contribution in [0.3, 0.4) is 0 Å². The normalized spacial score (nSPS) is 19.6. The third-order valence-electron chi connectivity index (χ3n) is 2.77. The van der Waals surface area contributed by atoms with E-state index < -0.39 is 46.8 Å². The zero-order chi connectivity index (χ0) is 15.3. The predicted molar refractivity (Wildman–Crippen MR) is 52.7 cm³/mol. The van der Waals surface area contributed by atoms with Crippen molar-refractivity contribution in [3.05, 3.63) is 34.9 Å². The van der Waals surface area contributed by atoms with Gasteiger partial charge in [-0.25, -0.2) is 0 Å². The van der Waals surface area contributed by atoms with Crippen LogP contribution < -0.4 is 5.32 Å². The zero-order valence-corrected chi connectivity index (χ0v) is 9.39. The molecule has 0 spiro atoms. The molecular formula is C11H5F6NO2. The largest absolute Gasteiger partial charge is 0.416 e. The number of amides is 2. The molecule has 20 heavy (non-hydrogen) atoms. The molecule has 1 heterocycles. The number of fused-ring (bicyclic) bond motifs is 1. The average molecular weight is 297 g/mol. The standard InChI is InChI=1S/C11H5F6NO2/c12-10(13,14)5-3-1-2-4-6(5)7(11(15,16)17)9(20)18-8(4)19/h1-3,7H,(H,18,19,20). The van der Waals surface area contributed by atoms with Gasteiger partial charge in [0.15, 0.2) is 5.92 Å². The van der Waals surface area contributed by atoms with Crippen molar-refractivity contribution in [1.29, 1.82) is 0 Å². The lowest BCUT2D eigenvalue weighted by molar-refractivity contribution is -0.167. The minimum absolute atomic E-state index is 0.406. The molecule has 1 aliphatic rings. The lowest BCUT2D eigenvalue weighted by Crippen LogP contribution is -2.46. The molecule has 0 fully saturated rings. The fourth-order valence-corrected chi connectivity index (χ4v) is 2.02. The Bertz CT molecular complexity index is 590. The molecule has 0 saturated carbocycles. The Morgan fingerprint density at radius 2 is 1.60 bits per heavy atom. The summed E-state index contributed by atoms with van der Waals surface area (Å²) >= 11 is 0. The van der Waals surface area contributed by atoms with E-state index in [4.69, 9.17) is 0 Å². The van der Waals surface area contributed by atoms with E-state index in [9.17, 15) is 35.9 Å². The van der Waals surface area contributed by atoms with Crippen LogP contribution in [0.1, 0.15) is 27.4 Å². The van der Waals surface area contributed by atoms with E-state index in [1.807, 2.05) is 0 Å². The summed E-state index contributed by atoms with van der Waals surface area (Å²) < 4.78 is 76.8. The van der Waals surface area contributed by atoms with Crippen molar-refractivity contribution < 1.29 is 35.9 Å². The monoisotopic (exact) mass is 297 g/mol. The molecule has 0 saturated heterocycles. The van der Waals surface area contributed by atoms with E-state index in [1.54, 1.807) is 0 Å². The maximum Gasteiger partial charge on any atom is 0.416 e. The Morgan fingerprint density at radius 3 is 2.10 bits per heavy atom. The van der Waals surface area contributed by atoms with Gasteiger partial charge >= 0.3 is 12.4 Å². The Balaban J connectivity index is 2.79.